The molecule has 0 aliphatic carbocycles. The molecule has 0 fully saturated rings. The van der Waals surface area contributed by atoms with Crippen LogP contribution in [0.2, 0.25) is 0 Å². The first-order valence-corrected chi connectivity index (χ1v) is 7.22. The van der Waals surface area contributed by atoms with Gasteiger partial charge in [-0.3, -0.25) is 4.79 Å². The first kappa shape index (κ1) is 18.4. The van der Waals surface area contributed by atoms with Crippen LogP contribution >= 0.6 is 0 Å². The van der Waals surface area contributed by atoms with Crippen molar-refractivity contribution in [2.24, 2.45) is 17.6 Å². The van der Waals surface area contributed by atoms with E-state index in [1.165, 1.54) is 0 Å². The Morgan fingerprint density at radius 3 is 1.89 bits per heavy atom. The van der Waals surface area contributed by atoms with Crippen molar-refractivity contribution in [2.75, 3.05) is 46.1 Å². The van der Waals surface area contributed by atoms with Crippen LogP contribution in [0.4, 0.5) is 0 Å². The first-order valence-electron chi connectivity index (χ1n) is 7.22. The summed E-state index contributed by atoms with van der Waals surface area (Å²) in [7, 11) is 0. The summed E-state index contributed by atoms with van der Waals surface area (Å²) in [6, 6.07) is 0. The predicted octanol–water partition coefficient (Wildman–Crippen LogP) is 1.12. The van der Waals surface area contributed by atoms with Crippen LogP contribution in [-0.2, 0) is 14.3 Å². The monoisotopic (exact) mass is 274 g/mol. The largest absolute Gasteiger partial charge is 0.380 e. The van der Waals surface area contributed by atoms with Gasteiger partial charge < -0.3 is 20.1 Å². The molecule has 0 aliphatic rings. The van der Waals surface area contributed by atoms with E-state index in [0.717, 1.165) is 0 Å². The molecule has 0 radical (unpaired) electrons. The fourth-order valence-corrected chi connectivity index (χ4v) is 1.86. The summed E-state index contributed by atoms with van der Waals surface area (Å²) in [5.74, 6) is 0.236. The highest BCUT2D eigenvalue weighted by atomic mass is 16.5. The minimum Gasteiger partial charge on any atom is -0.380 e. The van der Waals surface area contributed by atoms with E-state index in [-0.39, 0.29) is 17.7 Å². The van der Waals surface area contributed by atoms with Crippen LogP contribution in [0, 0.1) is 11.8 Å². The zero-order chi connectivity index (χ0) is 14.7. The number of nitrogens with zero attached hydrogens (tertiary/aromatic N) is 1. The van der Waals surface area contributed by atoms with E-state index < -0.39 is 0 Å². The van der Waals surface area contributed by atoms with Gasteiger partial charge in [-0.05, 0) is 19.8 Å². The van der Waals surface area contributed by atoms with Crippen LogP contribution in [0.1, 0.15) is 27.7 Å². The topological polar surface area (TPSA) is 64.8 Å². The number of carbonyl (C=O) groups excluding carboxylic acids is 1. The zero-order valence-corrected chi connectivity index (χ0v) is 12.9. The molecule has 0 saturated carbocycles. The van der Waals surface area contributed by atoms with Crippen LogP contribution in [0.3, 0.4) is 0 Å². The average Bonchev–Trinajstić information content (AvgIpc) is 2.37. The van der Waals surface area contributed by atoms with Crippen molar-refractivity contribution in [3.63, 3.8) is 0 Å². The quantitative estimate of drug-likeness (QED) is 0.573. The minimum atomic E-state index is -0.122. The van der Waals surface area contributed by atoms with Gasteiger partial charge >= 0.3 is 0 Å². The Hall–Kier alpha value is -0.650. The van der Waals surface area contributed by atoms with Crippen LogP contribution in [0.5, 0.6) is 0 Å². The fraction of sp³-hybridized carbons (Fsp3) is 0.929. The Morgan fingerprint density at radius 2 is 1.58 bits per heavy atom. The Morgan fingerprint density at radius 1 is 1.11 bits per heavy atom. The van der Waals surface area contributed by atoms with Gasteiger partial charge in [0.15, 0.2) is 0 Å². The lowest BCUT2D eigenvalue weighted by atomic mass is 9.94. The van der Waals surface area contributed by atoms with Crippen molar-refractivity contribution in [2.45, 2.75) is 27.7 Å². The number of carbonyl (C=O) groups is 1. The molecule has 0 rings (SSSR count). The Labute approximate surface area is 117 Å². The second-order valence-corrected chi connectivity index (χ2v) is 4.81. The lowest BCUT2D eigenvalue weighted by molar-refractivity contribution is -0.138. The van der Waals surface area contributed by atoms with Gasteiger partial charge in [-0.15, -0.1) is 0 Å². The molecule has 19 heavy (non-hydrogen) atoms. The molecule has 0 aromatic heterocycles. The van der Waals surface area contributed by atoms with Crippen LogP contribution < -0.4 is 5.73 Å². The molecule has 0 aliphatic heterocycles. The molecule has 1 unspecified atom stereocenters. The smallest absolute Gasteiger partial charge is 0.227 e. The van der Waals surface area contributed by atoms with Crippen molar-refractivity contribution in [3.05, 3.63) is 0 Å². The third-order valence-corrected chi connectivity index (χ3v) is 3.11. The lowest BCUT2D eigenvalue weighted by Crippen LogP contribution is -2.44. The van der Waals surface area contributed by atoms with Gasteiger partial charge in [0, 0.05) is 32.8 Å². The summed E-state index contributed by atoms with van der Waals surface area (Å²) in [5.41, 5.74) is 5.71. The Bertz CT molecular complexity index is 225. The highest BCUT2D eigenvalue weighted by Gasteiger charge is 2.25. The number of ether oxygens (including phenoxy) is 2. The number of amides is 1. The van der Waals surface area contributed by atoms with Crippen LogP contribution in [0.25, 0.3) is 0 Å². The van der Waals surface area contributed by atoms with Gasteiger partial charge in [-0.2, -0.15) is 0 Å². The first-order chi connectivity index (χ1) is 9.08. The van der Waals surface area contributed by atoms with Gasteiger partial charge in [0.2, 0.25) is 5.91 Å². The molecule has 2 N–H and O–H groups in total. The summed E-state index contributed by atoms with van der Waals surface area (Å²) in [6.45, 7) is 12.0. The molecule has 0 aromatic rings. The molecular weight excluding hydrogens is 244 g/mol. The lowest BCUT2D eigenvalue weighted by Gasteiger charge is -2.28. The number of hydrogen-bond acceptors (Lipinski definition) is 4. The Balaban J connectivity index is 4.45. The third kappa shape index (κ3) is 7.50. The van der Waals surface area contributed by atoms with Gasteiger partial charge in [0.1, 0.15) is 0 Å². The van der Waals surface area contributed by atoms with Gasteiger partial charge in [-0.25, -0.2) is 0 Å². The highest BCUT2D eigenvalue weighted by Crippen LogP contribution is 2.13. The van der Waals surface area contributed by atoms with Gasteiger partial charge in [-0.1, -0.05) is 13.8 Å². The Kier molecular flexibility index (Phi) is 10.8. The molecular formula is C14H30N2O3. The normalized spacial score (nSPS) is 12.7. The van der Waals surface area contributed by atoms with Gasteiger partial charge in [0.25, 0.3) is 0 Å². The molecule has 5 heteroatoms. The number of rotatable bonds is 11. The zero-order valence-electron chi connectivity index (χ0n) is 12.9. The summed E-state index contributed by atoms with van der Waals surface area (Å²) in [4.78, 5) is 14.2. The van der Waals surface area contributed by atoms with Crippen LogP contribution in [0.15, 0.2) is 0 Å². The second-order valence-electron chi connectivity index (χ2n) is 4.81. The third-order valence-electron chi connectivity index (χ3n) is 3.11. The van der Waals surface area contributed by atoms with E-state index in [4.69, 9.17) is 15.2 Å². The maximum atomic E-state index is 12.4. The van der Waals surface area contributed by atoms with Crippen molar-refractivity contribution in [1.29, 1.82) is 0 Å². The van der Waals surface area contributed by atoms with Crippen molar-refractivity contribution >= 4 is 5.91 Å². The summed E-state index contributed by atoms with van der Waals surface area (Å²) < 4.78 is 10.7. The maximum Gasteiger partial charge on any atom is 0.227 e. The van der Waals surface area contributed by atoms with E-state index in [1.54, 1.807) is 0 Å². The molecule has 0 heterocycles. The molecule has 0 aromatic carbocycles. The van der Waals surface area contributed by atoms with E-state index in [1.807, 2.05) is 32.6 Å². The van der Waals surface area contributed by atoms with Gasteiger partial charge in [0.05, 0.1) is 19.1 Å². The summed E-state index contributed by atoms with van der Waals surface area (Å²) in [5, 5.41) is 0. The van der Waals surface area contributed by atoms with Crippen LogP contribution in [-0.4, -0.2) is 56.9 Å². The minimum absolute atomic E-state index is 0.108. The SMILES string of the molecule is CCOCCN(CCOCC)C(=O)C(CN)C(C)C. The average molecular weight is 274 g/mol. The van der Waals surface area contributed by atoms with Crippen molar-refractivity contribution in [3.8, 4) is 0 Å². The standard InChI is InChI=1S/C14H30N2O3/c1-5-18-9-7-16(8-10-19-6-2)14(17)13(11-15)12(3)4/h12-13H,5-11,15H2,1-4H3. The highest BCUT2D eigenvalue weighted by molar-refractivity contribution is 5.79. The van der Waals surface area contributed by atoms with Crippen molar-refractivity contribution in [1.82, 2.24) is 4.90 Å². The van der Waals surface area contributed by atoms with Crippen molar-refractivity contribution < 1.29 is 14.3 Å². The molecule has 1 amide bonds. The van der Waals surface area contributed by atoms with E-state index in [9.17, 15) is 4.79 Å². The fourth-order valence-electron chi connectivity index (χ4n) is 1.86. The molecule has 1 atom stereocenters. The van der Waals surface area contributed by atoms with E-state index in [0.29, 0.717) is 46.1 Å². The van der Waals surface area contributed by atoms with E-state index in [2.05, 4.69) is 0 Å². The molecule has 5 nitrogen and oxygen atoms in total. The summed E-state index contributed by atoms with van der Waals surface area (Å²) >= 11 is 0. The predicted molar refractivity (Wildman–Crippen MR) is 76.9 cm³/mol. The number of hydrogen-bond donors (Lipinski definition) is 1. The number of nitrogens with two attached hydrogens (primary N) is 1. The molecule has 0 spiro atoms. The molecule has 0 saturated heterocycles. The summed E-state index contributed by atoms with van der Waals surface area (Å²) in [6.07, 6.45) is 0. The maximum absolute atomic E-state index is 12.4. The molecule has 114 valence electrons. The second kappa shape index (κ2) is 11.2. The molecule has 0 bridgehead atoms. The van der Waals surface area contributed by atoms with E-state index >= 15 is 0 Å².